The van der Waals surface area contributed by atoms with E-state index < -0.39 is 0 Å². The molecule has 4 rings (SSSR count). The van der Waals surface area contributed by atoms with Crippen molar-refractivity contribution in [3.05, 3.63) is 71.6 Å². The lowest BCUT2D eigenvalue weighted by molar-refractivity contribution is -0.126. The fourth-order valence-corrected chi connectivity index (χ4v) is 5.07. The Bertz CT molecular complexity index is 1020. The number of aryl methyl sites for hydroxylation is 1. The Morgan fingerprint density at radius 3 is 2.85 bits per heavy atom. The van der Waals surface area contributed by atoms with Gasteiger partial charge in [-0.15, -0.1) is 0 Å². The van der Waals surface area contributed by atoms with Crippen LogP contribution >= 0.6 is 11.8 Å². The summed E-state index contributed by atoms with van der Waals surface area (Å²) in [4.78, 5) is 19.5. The van der Waals surface area contributed by atoms with Gasteiger partial charge in [0.05, 0.1) is 12.5 Å². The molecule has 0 spiro atoms. The molecule has 3 aromatic rings. The Kier molecular flexibility index (Phi) is 8.55. The zero-order valence-electron chi connectivity index (χ0n) is 19.2. The van der Waals surface area contributed by atoms with E-state index >= 15 is 0 Å². The van der Waals surface area contributed by atoms with Gasteiger partial charge < -0.3 is 9.84 Å². The molecule has 2 heterocycles. The highest BCUT2D eigenvalue weighted by Crippen LogP contribution is 2.22. The van der Waals surface area contributed by atoms with Gasteiger partial charge in [0.25, 0.3) is 0 Å². The molecule has 1 saturated heterocycles. The van der Waals surface area contributed by atoms with Crippen molar-refractivity contribution in [2.75, 3.05) is 25.4 Å². The van der Waals surface area contributed by atoms with Crippen LogP contribution in [0.3, 0.4) is 0 Å². The van der Waals surface area contributed by atoms with Crippen LogP contribution in [0.5, 0.6) is 0 Å². The molecule has 1 aliphatic rings. The van der Waals surface area contributed by atoms with Crippen LogP contribution in [0.4, 0.5) is 0 Å². The highest BCUT2D eigenvalue weighted by Gasteiger charge is 2.26. The number of amides is 1. The summed E-state index contributed by atoms with van der Waals surface area (Å²) in [7, 11) is 0. The minimum atomic E-state index is 0.0227. The van der Waals surface area contributed by atoms with E-state index in [9.17, 15) is 4.79 Å². The monoisotopic (exact) mass is 464 g/mol. The molecule has 0 bridgehead atoms. The van der Waals surface area contributed by atoms with Gasteiger partial charge in [0.15, 0.2) is 0 Å². The number of aromatic nitrogens is 2. The number of hydrogen-bond donors (Lipinski definition) is 1. The summed E-state index contributed by atoms with van der Waals surface area (Å²) in [5, 5.41) is 7.29. The van der Waals surface area contributed by atoms with Crippen molar-refractivity contribution in [2.45, 2.75) is 38.5 Å². The predicted octanol–water partition coefficient (Wildman–Crippen LogP) is 4.70. The molecule has 1 amide bonds. The van der Waals surface area contributed by atoms with Gasteiger partial charge in [-0.25, -0.2) is 0 Å². The molecule has 6 nitrogen and oxygen atoms in total. The Morgan fingerprint density at radius 2 is 2.00 bits per heavy atom. The van der Waals surface area contributed by atoms with E-state index in [1.807, 2.05) is 49.0 Å². The Hall–Kier alpha value is -2.64. The largest absolute Gasteiger partial charge is 0.356 e. The van der Waals surface area contributed by atoms with Crippen molar-refractivity contribution in [1.29, 1.82) is 0 Å². The maximum atomic E-state index is 12.7. The van der Waals surface area contributed by atoms with Crippen LogP contribution in [-0.4, -0.2) is 46.3 Å². The third kappa shape index (κ3) is 6.92. The van der Waals surface area contributed by atoms with Crippen LogP contribution < -0.4 is 5.32 Å². The van der Waals surface area contributed by atoms with Gasteiger partial charge in [0, 0.05) is 24.4 Å². The molecule has 33 heavy (non-hydrogen) atoms. The van der Waals surface area contributed by atoms with E-state index in [1.54, 1.807) is 0 Å². The van der Waals surface area contributed by atoms with E-state index in [4.69, 9.17) is 4.52 Å². The molecule has 2 aromatic carbocycles. The number of rotatable bonds is 10. The summed E-state index contributed by atoms with van der Waals surface area (Å²) in [6.45, 7) is 5.04. The number of carbonyl (C=O) groups excluding carboxylic acids is 1. The van der Waals surface area contributed by atoms with Crippen LogP contribution in [0.15, 0.2) is 59.1 Å². The lowest BCUT2D eigenvalue weighted by atomic mass is 9.97. The Labute approximate surface area is 200 Å². The van der Waals surface area contributed by atoms with Crippen molar-refractivity contribution in [3.63, 3.8) is 0 Å². The highest BCUT2D eigenvalue weighted by atomic mass is 32.2. The molecular weight excluding hydrogens is 432 g/mol. The maximum Gasteiger partial charge on any atom is 0.241 e. The molecular formula is C26H32N4O2S. The molecule has 1 atom stereocenters. The molecule has 1 fully saturated rings. The normalized spacial score (nSPS) is 16.6. The van der Waals surface area contributed by atoms with Gasteiger partial charge >= 0.3 is 0 Å². The molecule has 0 aliphatic carbocycles. The smallest absolute Gasteiger partial charge is 0.241 e. The summed E-state index contributed by atoms with van der Waals surface area (Å²) in [5.41, 5.74) is 3.46. The second-order valence-electron chi connectivity index (χ2n) is 8.58. The topological polar surface area (TPSA) is 71.3 Å². The molecule has 0 saturated carbocycles. The number of benzene rings is 2. The van der Waals surface area contributed by atoms with E-state index in [0.717, 1.165) is 61.5 Å². The van der Waals surface area contributed by atoms with Gasteiger partial charge in [-0.05, 0) is 49.6 Å². The molecule has 1 aliphatic heterocycles. The summed E-state index contributed by atoms with van der Waals surface area (Å²) in [6, 6.07) is 18.5. The van der Waals surface area contributed by atoms with E-state index in [2.05, 4.69) is 44.6 Å². The summed E-state index contributed by atoms with van der Waals surface area (Å²) in [5.74, 6) is 3.48. The summed E-state index contributed by atoms with van der Waals surface area (Å²) < 4.78 is 5.50. The molecule has 1 N–H and O–H groups in total. The van der Waals surface area contributed by atoms with Crippen LogP contribution in [-0.2, 0) is 17.1 Å². The first-order valence-corrected chi connectivity index (χ1v) is 12.8. The second kappa shape index (κ2) is 12.0. The van der Waals surface area contributed by atoms with Crippen molar-refractivity contribution in [3.8, 4) is 11.4 Å². The van der Waals surface area contributed by atoms with Gasteiger partial charge in [0.1, 0.15) is 0 Å². The number of nitrogens with one attached hydrogen (secondary N) is 1. The molecule has 174 valence electrons. The van der Waals surface area contributed by atoms with E-state index in [1.165, 1.54) is 5.56 Å². The summed E-state index contributed by atoms with van der Waals surface area (Å²) >= 11 is 1.91. The fourth-order valence-electron chi connectivity index (χ4n) is 4.15. The van der Waals surface area contributed by atoms with Crippen molar-refractivity contribution in [2.24, 2.45) is 5.92 Å². The van der Waals surface area contributed by atoms with Gasteiger partial charge in [-0.2, -0.15) is 16.7 Å². The summed E-state index contributed by atoms with van der Waals surface area (Å²) in [6.07, 6.45) is 2.93. The van der Waals surface area contributed by atoms with Gasteiger partial charge in [-0.3, -0.25) is 9.69 Å². The average Bonchev–Trinajstić information content (AvgIpc) is 3.30. The fraction of sp³-hybridized carbons (Fsp3) is 0.423. The third-order valence-corrected chi connectivity index (χ3v) is 7.08. The average molecular weight is 465 g/mol. The molecule has 7 heteroatoms. The van der Waals surface area contributed by atoms with E-state index in [0.29, 0.717) is 18.3 Å². The van der Waals surface area contributed by atoms with Crippen LogP contribution in [0, 0.1) is 12.8 Å². The van der Waals surface area contributed by atoms with Crippen molar-refractivity contribution < 1.29 is 9.32 Å². The number of thioether (sulfide) groups is 1. The number of carbonyl (C=O) groups is 1. The van der Waals surface area contributed by atoms with Crippen LogP contribution in [0.25, 0.3) is 11.4 Å². The first-order valence-electron chi connectivity index (χ1n) is 11.7. The first-order chi connectivity index (χ1) is 16.2. The number of likely N-dealkylation sites (tertiary alicyclic amines) is 1. The maximum absolute atomic E-state index is 12.7. The van der Waals surface area contributed by atoms with Gasteiger partial charge in [0.2, 0.25) is 17.6 Å². The number of hydrogen-bond acceptors (Lipinski definition) is 6. The lowest BCUT2D eigenvalue weighted by Gasteiger charge is -2.30. The zero-order valence-corrected chi connectivity index (χ0v) is 20.0. The SMILES string of the molecule is Cc1ccccc1-c1noc(CN2CCCC(C(=O)NCCCSCc3ccccc3)C2)n1. The minimum absolute atomic E-state index is 0.0227. The van der Waals surface area contributed by atoms with Crippen LogP contribution in [0.2, 0.25) is 0 Å². The van der Waals surface area contributed by atoms with Crippen molar-refractivity contribution >= 4 is 17.7 Å². The van der Waals surface area contributed by atoms with Gasteiger partial charge in [-0.1, -0.05) is 59.8 Å². The quantitative estimate of drug-likeness (QED) is 0.439. The standard InChI is InChI=1S/C26H32N4O2S/c1-20-9-5-6-13-23(20)25-28-24(32-29-25)18-30-15-7-12-22(17-30)26(31)27-14-8-16-33-19-21-10-3-2-4-11-21/h2-6,9-11,13,22H,7-8,12,14-19H2,1H3,(H,27,31). The third-order valence-electron chi connectivity index (χ3n) is 5.97. The zero-order chi connectivity index (χ0) is 22.9. The predicted molar refractivity (Wildman–Crippen MR) is 133 cm³/mol. The molecule has 0 radical (unpaired) electrons. The Balaban J connectivity index is 1.18. The van der Waals surface area contributed by atoms with E-state index in [-0.39, 0.29) is 11.8 Å². The second-order valence-corrected chi connectivity index (χ2v) is 9.69. The highest BCUT2D eigenvalue weighted by molar-refractivity contribution is 7.98. The first kappa shape index (κ1) is 23.5. The lowest BCUT2D eigenvalue weighted by Crippen LogP contribution is -2.43. The Morgan fingerprint density at radius 1 is 1.18 bits per heavy atom. The molecule has 1 unspecified atom stereocenters. The molecule has 1 aromatic heterocycles. The number of nitrogens with zero attached hydrogens (tertiary/aromatic N) is 3. The number of piperidine rings is 1. The van der Waals surface area contributed by atoms with Crippen molar-refractivity contribution in [1.82, 2.24) is 20.4 Å². The minimum Gasteiger partial charge on any atom is -0.356 e. The van der Waals surface area contributed by atoms with Crippen LogP contribution in [0.1, 0.15) is 36.3 Å².